The van der Waals surface area contributed by atoms with Crippen molar-refractivity contribution in [1.29, 1.82) is 0 Å². The van der Waals surface area contributed by atoms with Crippen LogP contribution in [-0.4, -0.2) is 5.78 Å². The molecule has 23 heavy (non-hydrogen) atoms. The molecule has 1 aliphatic carbocycles. The third-order valence-corrected chi connectivity index (χ3v) is 5.41. The van der Waals surface area contributed by atoms with Crippen molar-refractivity contribution in [1.82, 2.24) is 0 Å². The summed E-state index contributed by atoms with van der Waals surface area (Å²) in [5.74, 6) is 0.241. The second-order valence-electron chi connectivity index (χ2n) is 7.09. The average Bonchev–Trinajstić information content (AvgIpc) is 2.95. The number of benzene rings is 1. The van der Waals surface area contributed by atoms with Gasteiger partial charge in [0, 0.05) is 17.8 Å². The quantitative estimate of drug-likeness (QED) is 0.819. The van der Waals surface area contributed by atoms with Crippen molar-refractivity contribution >= 4 is 27.8 Å². The van der Waals surface area contributed by atoms with E-state index in [4.69, 9.17) is 0 Å². The molecule has 0 fully saturated rings. The molecule has 0 spiro atoms. The van der Waals surface area contributed by atoms with Crippen molar-refractivity contribution in [2.24, 2.45) is 5.41 Å². The van der Waals surface area contributed by atoms with Gasteiger partial charge >= 0.3 is 0 Å². The van der Waals surface area contributed by atoms with Gasteiger partial charge < -0.3 is 10.2 Å². The van der Waals surface area contributed by atoms with Crippen LogP contribution < -0.4 is 10.2 Å². The summed E-state index contributed by atoms with van der Waals surface area (Å²) in [7, 11) is 0. The Balaban J connectivity index is 1.88. The fourth-order valence-electron chi connectivity index (χ4n) is 3.53. The van der Waals surface area contributed by atoms with E-state index in [0.717, 1.165) is 35.0 Å². The number of rotatable bonds is 1. The monoisotopic (exact) mass is 324 g/mol. The zero-order valence-corrected chi connectivity index (χ0v) is 14.2. The average molecular weight is 324 g/mol. The number of nitrogens with zero attached hydrogens (tertiary/aromatic N) is 1. The van der Waals surface area contributed by atoms with Crippen molar-refractivity contribution < 1.29 is 4.79 Å². The number of anilines is 2. The van der Waals surface area contributed by atoms with E-state index in [2.05, 4.69) is 53.7 Å². The van der Waals surface area contributed by atoms with Gasteiger partial charge in [-0.1, -0.05) is 32.0 Å². The summed E-state index contributed by atoms with van der Waals surface area (Å²) in [4.78, 5) is 15.1. The predicted molar refractivity (Wildman–Crippen MR) is 95.6 cm³/mol. The first-order valence-electron chi connectivity index (χ1n) is 7.96. The minimum Gasteiger partial charge on any atom is -0.357 e. The molecule has 118 valence electrons. The minimum atomic E-state index is 0.00329. The van der Waals surface area contributed by atoms with Crippen LogP contribution in [0.15, 0.2) is 53.2 Å². The summed E-state index contributed by atoms with van der Waals surface area (Å²) in [6.07, 6.45) is 1.50. The van der Waals surface area contributed by atoms with Gasteiger partial charge in [-0.15, -0.1) is 11.3 Å². The smallest absolute Gasteiger partial charge is 0.181 e. The molecule has 0 saturated carbocycles. The lowest BCUT2D eigenvalue weighted by Crippen LogP contribution is -2.35. The number of nitrogens with one attached hydrogen (secondary N) is 1. The van der Waals surface area contributed by atoms with Crippen LogP contribution in [0.25, 0.3) is 0 Å². The number of carbonyl (C=O) groups is 1. The van der Waals surface area contributed by atoms with Crippen molar-refractivity contribution in [3.8, 4) is 0 Å². The summed E-state index contributed by atoms with van der Waals surface area (Å²) in [6.45, 7) is 5.07. The zero-order valence-electron chi connectivity index (χ0n) is 13.4. The molecular formula is C19H20N2OS. The van der Waals surface area contributed by atoms with E-state index < -0.39 is 0 Å². The molecule has 4 rings (SSSR count). The topological polar surface area (TPSA) is 32.3 Å². The molecular weight excluding hydrogens is 304 g/mol. The highest BCUT2D eigenvalue weighted by molar-refractivity contribution is 7.14. The number of allylic oxidation sites excluding steroid dienone is 2. The lowest BCUT2D eigenvalue weighted by Gasteiger charge is -2.35. The molecule has 1 N–H and O–H groups in total. The first kappa shape index (κ1) is 14.5. The highest BCUT2D eigenvalue weighted by atomic mass is 32.1. The summed E-state index contributed by atoms with van der Waals surface area (Å²) in [5.41, 5.74) is 4.25. The molecule has 0 radical (unpaired) electrons. The summed E-state index contributed by atoms with van der Waals surface area (Å²) in [6, 6.07) is 12.5. The van der Waals surface area contributed by atoms with Crippen molar-refractivity contribution in [3.63, 3.8) is 0 Å². The Hall–Kier alpha value is -2.07. The highest BCUT2D eigenvalue weighted by Crippen LogP contribution is 2.42. The second-order valence-corrected chi connectivity index (χ2v) is 8.01. The predicted octanol–water partition coefficient (Wildman–Crippen LogP) is 4.78. The Bertz CT molecular complexity index is 789. The molecule has 2 aromatic rings. The third-order valence-electron chi connectivity index (χ3n) is 4.52. The van der Waals surface area contributed by atoms with E-state index in [1.807, 2.05) is 12.1 Å². The van der Waals surface area contributed by atoms with Crippen molar-refractivity contribution in [2.45, 2.75) is 33.2 Å². The zero-order chi connectivity index (χ0) is 16.0. The molecule has 0 atom stereocenters. The Labute approximate surface area is 140 Å². The molecule has 0 unspecified atom stereocenters. The van der Waals surface area contributed by atoms with Gasteiger partial charge in [-0.2, -0.15) is 0 Å². The van der Waals surface area contributed by atoms with Gasteiger partial charge in [0.15, 0.2) is 5.78 Å². The second kappa shape index (κ2) is 5.24. The molecule has 2 heterocycles. The summed E-state index contributed by atoms with van der Waals surface area (Å²) >= 11 is 1.68. The maximum absolute atomic E-state index is 12.9. The van der Waals surface area contributed by atoms with E-state index in [0.29, 0.717) is 6.42 Å². The largest absolute Gasteiger partial charge is 0.357 e. The van der Waals surface area contributed by atoms with Gasteiger partial charge in [0.1, 0.15) is 5.70 Å². The fourth-order valence-corrected chi connectivity index (χ4v) is 4.27. The fraction of sp³-hybridized carbons (Fsp3) is 0.316. The lowest BCUT2D eigenvalue weighted by molar-refractivity contribution is -0.118. The van der Waals surface area contributed by atoms with Crippen LogP contribution in [0.1, 0.15) is 32.3 Å². The van der Waals surface area contributed by atoms with Crippen molar-refractivity contribution in [2.75, 3.05) is 10.2 Å². The number of ketones is 1. The first-order valence-corrected chi connectivity index (χ1v) is 8.84. The van der Waals surface area contributed by atoms with Crippen LogP contribution in [-0.2, 0) is 11.3 Å². The van der Waals surface area contributed by atoms with Gasteiger partial charge in [-0.25, -0.2) is 0 Å². The van der Waals surface area contributed by atoms with E-state index >= 15 is 0 Å². The van der Waals surface area contributed by atoms with Gasteiger partial charge in [0.2, 0.25) is 0 Å². The third kappa shape index (κ3) is 2.57. The van der Waals surface area contributed by atoms with Crippen LogP contribution in [0, 0.1) is 5.41 Å². The maximum atomic E-state index is 12.9. The van der Waals surface area contributed by atoms with E-state index in [1.54, 1.807) is 11.3 Å². The van der Waals surface area contributed by atoms with E-state index in [1.165, 1.54) is 5.56 Å². The minimum absolute atomic E-state index is 0.00329. The molecule has 0 saturated heterocycles. The molecule has 2 aliphatic rings. The number of hydrogen-bond acceptors (Lipinski definition) is 4. The van der Waals surface area contributed by atoms with E-state index in [9.17, 15) is 4.79 Å². The SMILES string of the molecule is CC1(C)CC(=O)C2=C(C1)Nc1ccccc1CN2c1cccs1. The molecule has 1 aromatic heterocycles. The molecule has 3 nitrogen and oxygen atoms in total. The van der Waals surface area contributed by atoms with Crippen molar-refractivity contribution in [3.05, 3.63) is 58.7 Å². The molecule has 1 aliphatic heterocycles. The Morgan fingerprint density at radius 2 is 1.96 bits per heavy atom. The number of para-hydroxylation sites is 1. The Morgan fingerprint density at radius 1 is 1.13 bits per heavy atom. The number of fused-ring (bicyclic) bond motifs is 1. The van der Waals surface area contributed by atoms with Gasteiger partial charge in [0.25, 0.3) is 0 Å². The highest BCUT2D eigenvalue weighted by Gasteiger charge is 2.37. The summed E-state index contributed by atoms with van der Waals surface area (Å²) in [5, 5.41) is 6.76. The van der Waals surface area contributed by atoms with Gasteiger partial charge in [0.05, 0.1) is 11.5 Å². The molecule has 4 heteroatoms. The van der Waals surface area contributed by atoms with Gasteiger partial charge in [-0.05, 0) is 41.0 Å². The normalized spacial score (nSPS) is 19.7. The molecule has 1 aromatic carbocycles. The van der Waals surface area contributed by atoms with Crippen LogP contribution in [0.4, 0.5) is 10.7 Å². The Kier molecular flexibility index (Phi) is 3.31. The van der Waals surface area contributed by atoms with E-state index in [-0.39, 0.29) is 11.2 Å². The van der Waals surface area contributed by atoms with Crippen LogP contribution in [0.5, 0.6) is 0 Å². The maximum Gasteiger partial charge on any atom is 0.181 e. The van der Waals surface area contributed by atoms with Gasteiger partial charge in [-0.3, -0.25) is 4.79 Å². The first-order chi connectivity index (χ1) is 11.0. The number of carbonyl (C=O) groups excluding carboxylic acids is 1. The Morgan fingerprint density at radius 3 is 2.74 bits per heavy atom. The molecule has 0 bridgehead atoms. The standard InChI is InChI=1S/C19H20N2OS/c1-19(2)10-15-18(16(22)11-19)21(17-8-5-9-23-17)12-13-6-3-4-7-14(13)20-15/h3-9,20H,10-12H2,1-2H3. The van der Waals surface area contributed by atoms with Crippen LogP contribution >= 0.6 is 11.3 Å². The lowest BCUT2D eigenvalue weighted by atomic mass is 9.77. The number of thiophene rings is 1. The number of hydrogen-bond donors (Lipinski definition) is 1. The molecule has 0 amide bonds. The summed E-state index contributed by atoms with van der Waals surface area (Å²) < 4.78 is 0. The van der Waals surface area contributed by atoms with Crippen LogP contribution in [0.3, 0.4) is 0 Å². The number of Topliss-reactive ketones (excluding diaryl/α,β-unsaturated/α-hetero) is 1. The van der Waals surface area contributed by atoms with Crippen LogP contribution in [0.2, 0.25) is 0 Å².